The molecule has 0 aromatic heterocycles. The molecule has 8 nitrogen and oxygen atoms in total. The number of amides is 1. The third-order valence-electron chi connectivity index (χ3n) is 3.29. The molecule has 0 fully saturated rings. The Balaban J connectivity index is 2.09. The van der Waals surface area contributed by atoms with Gasteiger partial charge in [0, 0.05) is 24.3 Å². The van der Waals surface area contributed by atoms with Gasteiger partial charge in [0.05, 0.1) is 21.1 Å². The molecule has 0 heterocycles. The van der Waals surface area contributed by atoms with Crippen molar-refractivity contribution in [1.82, 2.24) is 0 Å². The number of carbonyl (C=O) groups excluding carboxylic acids is 1. The normalized spacial score (nSPS) is 10.5. The standard InChI is InChI=1S/C16H13N3O5/c1-11-14(3-2-4-15(11)19(23)24)17-16(20)10-7-12-5-8-13(9-6-12)18(21)22/h2-10H,1H3,(H,17,20)/b10-7+. The van der Waals surface area contributed by atoms with E-state index in [-0.39, 0.29) is 11.4 Å². The van der Waals surface area contributed by atoms with E-state index < -0.39 is 15.8 Å². The molecular weight excluding hydrogens is 314 g/mol. The average Bonchev–Trinajstić information content (AvgIpc) is 2.55. The van der Waals surface area contributed by atoms with Crippen molar-refractivity contribution in [2.75, 3.05) is 5.32 Å². The predicted octanol–water partition coefficient (Wildman–Crippen LogP) is 3.46. The highest BCUT2D eigenvalue weighted by Crippen LogP contribution is 2.25. The largest absolute Gasteiger partial charge is 0.322 e. The first-order valence-corrected chi connectivity index (χ1v) is 6.86. The van der Waals surface area contributed by atoms with Crippen LogP contribution in [0.5, 0.6) is 0 Å². The van der Waals surface area contributed by atoms with Gasteiger partial charge in [-0.1, -0.05) is 6.07 Å². The Hall–Kier alpha value is -3.55. The van der Waals surface area contributed by atoms with Crippen LogP contribution >= 0.6 is 0 Å². The van der Waals surface area contributed by atoms with Crippen molar-refractivity contribution in [3.8, 4) is 0 Å². The third-order valence-corrected chi connectivity index (χ3v) is 3.29. The Morgan fingerprint density at radius 2 is 1.71 bits per heavy atom. The van der Waals surface area contributed by atoms with Gasteiger partial charge in [-0.25, -0.2) is 0 Å². The van der Waals surface area contributed by atoms with E-state index in [1.807, 2.05) is 0 Å². The third kappa shape index (κ3) is 4.01. The molecule has 24 heavy (non-hydrogen) atoms. The number of hydrogen-bond acceptors (Lipinski definition) is 5. The summed E-state index contributed by atoms with van der Waals surface area (Å²) in [6.45, 7) is 1.55. The summed E-state index contributed by atoms with van der Waals surface area (Å²) < 4.78 is 0. The Bertz CT molecular complexity index is 828. The fourth-order valence-corrected chi connectivity index (χ4v) is 2.01. The SMILES string of the molecule is Cc1c(NC(=O)/C=C/c2ccc([N+](=O)[O-])cc2)cccc1[N+](=O)[O-]. The summed E-state index contributed by atoms with van der Waals surface area (Å²) in [6, 6.07) is 10.1. The monoisotopic (exact) mass is 327 g/mol. The molecule has 122 valence electrons. The highest BCUT2D eigenvalue weighted by molar-refractivity contribution is 6.02. The van der Waals surface area contributed by atoms with Gasteiger partial charge in [-0.15, -0.1) is 0 Å². The van der Waals surface area contributed by atoms with E-state index in [1.165, 1.54) is 48.6 Å². The van der Waals surface area contributed by atoms with Gasteiger partial charge in [0.15, 0.2) is 0 Å². The first-order valence-electron chi connectivity index (χ1n) is 6.86. The zero-order valence-electron chi connectivity index (χ0n) is 12.6. The smallest absolute Gasteiger partial charge is 0.274 e. The topological polar surface area (TPSA) is 115 Å². The van der Waals surface area contributed by atoms with Gasteiger partial charge < -0.3 is 5.32 Å². The number of nitro benzene ring substituents is 2. The maximum Gasteiger partial charge on any atom is 0.274 e. The van der Waals surface area contributed by atoms with Crippen molar-refractivity contribution in [1.29, 1.82) is 0 Å². The molecular formula is C16H13N3O5. The van der Waals surface area contributed by atoms with Crippen LogP contribution in [-0.4, -0.2) is 15.8 Å². The van der Waals surface area contributed by atoms with Gasteiger partial charge in [-0.3, -0.25) is 25.0 Å². The molecule has 2 aromatic carbocycles. The molecule has 0 saturated heterocycles. The average molecular weight is 327 g/mol. The summed E-state index contributed by atoms with van der Waals surface area (Å²) in [7, 11) is 0. The van der Waals surface area contributed by atoms with Crippen LogP contribution in [0.1, 0.15) is 11.1 Å². The van der Waals surface area contributed by atoms with Crippen molar-refractivity contribution >= 4 is 29.0 Å². The van der Waals surface area contributed by atoms with E-state index in [0.29, 0.717) is 16.8 Å². The Morgan fingerprint density at radius 1 is 1.04 bits per heavy atom. The fraction of sp³-hybridized carbons (Fsp3) is 0.0625. The maximum atomic E-state index is 11.9. The van der Waals surface area contributed by atoms with Gasteiger partial charge in [-0.2, -0.15) is 0 Å². The second-order valence-electron chi connectivity index (χ2n) is 4.88. The van der Waals surface area contributed by atoms with Crippen LogP contribution in [0.2, 0.25) is 0 Å². The number of hydrogen-bond donors (Lipinski definition) is 1. The van der Waals surface area contributed by atoms with E-state index in [4.69, 9.17) is 0 Å². The molecule has 0 aliphatic heterocycles. The lowest BCUT2D eigenvalue weighted by atomic mass is 10.1. The Labute approximate surface area is 136 Å². The number of anilines is 1. The highest BCUT2D eigenvalue weighted by atomic mass is 16.6. The first-order chi connectivity index (χ1) is 11.4. The van der Waals surface area contributed by atoms with Crippen molar-refractivity contribution in [2.24, 2.45) is 0 Å². The van der Waals surface area contributed by atoms with E-state index in [0.717, 1.165) is 0 Å². The molecule has 0 radical (unpaired) electrons. The van der Waals surface area contributed by atoms with Crippen LogP contribution in [0.15, 0.2) is 48.5 Å². The number of nitrogens with zero attached hydrogens (tertiary/aromatic N) is 2. The number of non-ortho nitro benzene ring substituents is 1. The van der Waals surface area contributed by atoms with E-state index in [1.54, 1.807) is 13.0 Å². The van der Waals surface area contributed by atoms with E-state index >= 15 is 0 Å². The van der Waals surface area contributed by atoms with Crippen molar-refractivity contribution < 1.29 is 14.6 Å². The van der Waals surface area contributed by atoms with Crippen LogP contribution < -0.4 is 5.32 Å². The molecule has 0 atom stereocenters. The van der Waals surface area contributed by atoms with Crippen LogP contribution in [-0.2, 0) is 4.79 Å². The zero-order chi connectivity index (χ0) is 17.7. The summed E-state index contributed by atoms with van der Waals surface area (Å²) >= 11 is 0. The van der Waals surface area contributed by atoms with Gasteiger partial charge >= 0.3 is 0 Å². The molecule has 2 aromatic rings. The van der Waals surface area contributed by atoms with Crippen LogP contribution in [0.25, 0.3) is 6.08 Å². The highest BCUT2D eigenvalue weighted by Gasteiger charge is 2.13. The lowest BCUT2D eigenvalue weighted by Gasteiger charge is -2.06. The van der Waals surface area contributed by atoms with Crippen LogP contribution in [0.4, 0.5) is 17.1 Å². The molecule has 0 aliphatic carbocycles. The lowest BCUT2D eigenvalue weighted by molar-refractivity contribution is -0.385. The van der Waals surface area contributed by atoms with Crippen molar-refractivity contribution in [3.63, 3.8) is 0 Å². The molecule has 0 unspecified atom stereocenters. The number of benzene rings is 2. The van der Waals surface area contributed by atoms with E-state index in [9.17, 15) is 25.0 Å². The Morgan fingerprint density at radius 3 is 2.29 bits per heavy atom. The molecule has 2 rings (SSSR count). The summed E-state index contributed by atoms with van der Waals surface area (Å²) in [5, 5.41) is 24.0. The maximum absolute atomic E-state index is 11.9. The second kappa shape index (κ2) is 7.14. The Kier molecular flexibility index (Phi) is 5.00. The molecule has 0 bridgehead atoms. The van der Waals surface area contributed by atoms with Gasteiger partial charge in [0.1, 0.15) is 0 Å². The minimum absolute atomic E-state index is 0.0381. The summed E-state index contributed by atoms with van der Waals surface area (Å²) in [6.07, 6.45) is 2.74. The van der Waals surface area contributed by atoms with Crippen LogP contribution in [0, 0.1) is 27.2 Å². The predicted molar refractivity (Wildman–Crippen MR) is 88.6 cm³/mol. The first kappa shape index (κ1) is 16.8. The number of carbonyl (C=O) groups is 1. The molecule has 1 amide bonds. The molecule has 8 heteroatoms. The summed E-state index contributed by atoms with van der Waals surface area (Å²) in [5.41, 5.74) is 1.21. The molecule has 1 N–H and O–H groups in total. The molecule has 0 spiro atoms. The van der Waals surface area contributed by atoms with Gasteiger partial charge in [0.25, 0.3) is 11.4 Å². The van der Waals surface area contributed by atoms with Gasteiger partial charge in [-0.05, 0) is 36.8 Å². The number of nitrogens with one attached hydrogen (secondary N) is 1. The molecule has 0 aliphatic rings. The lowest BCUT2D eigenvalue weighted by Crippen LogP contribution is -2.09. The quantitative estimate of drug-likeness (QED) is 0.513. The van der Waals surface area contributed by atoms with Crippen molar-refractivity contribution in [3.05, 3.63) is 79.9 Å². The minimum Gasteiger partial charge on any atom is -0.322 e. The zero-order valence-corrected chi connectivity index (χ0v) is 12.6. The second-order valence-corrected chi connectivity index (χ2v) is 4.88. The summed E-state index contributed by atoms with van der Waals surface area (Å²) in [5.74, 6) is -0.461. The van der Waals surface area contributed by atoms with E-state index in [2.05, 4.69) is 5.32 Å². The van der Waals surface area contributed by atoms with Gasteiger partial charge in [0.2, 0.25) is 5.91 Å². The summed E-state index contributed by atoms with van der Waals surface area (Å²) in [4.78, 5) is 32.3. The van der Waals surface area contributed by atoms with Crippen molar-refractivity contribution in [2.45, 2.75) is 6.92 Å². The molecule has 0 saturated carbocycles. The minimum atomic E-state index is -0.516. The number of rotatable bonds is 5. The van der Waals surface area contributed by atoms with Crippen LogP contribution in [0.3, 0.4) is 0 Å². The fourth-order valence-electron chi connectivity index (χ4n) is 2.01. The number of nitro groups is 2.